The smallest absolute Gasteiger partial charge is 0.408 e. The lowest BCUT2D eigenvalue weighted by Crippen LogP contribution is -2.57. The summed E-state index contributed by atoms with van der Waals surface area (Å²) in [6.07, 6.45) is 2.64. The lowest BCUT2D eigenvalue weighted by molar-refractivity contribution is 0.0273. The van der Waals surface area contributed by atoms with Crippen molar-refractivity contribution in [2.75, 3.05) is 0 Å². The van der Waals surface area contributed by atoms with Gasteiger partial charge in [-0.2, -0.15) is 0 Å². The van der Waals surface area contributed by atoms with Crippen molar-refractivity contribution in [2.45, 2.75) is 84.3 Å². The monoisotopic (exact) mass is 331 g/mol. The Hall–Kier alpha value is -1.51. The van der Waals surface area contributed by atoms with Crippen LogP contribution < -0.4 is 5.32 Å². The molecule has 1 fully saturated rings. The largest absolute Gasteiger partial charge is 0.444 e. The molecule has 1 aliphatic carbocycles. The van der Waals surface area contributed by atoms with Gasteiger partial charge >= 0.3 is 6.09 Å². The van der Waals surface area contributed by atoms with Gasteiger partial charge in [-0.15, -0.1) is 0 Å². The first-order chi connectivity index (χ1) is 10.8. The summed E-state index contributed by atoms with van der Waals surface area (Å²) < 4.78 is 5.50. The quantitative estimate of drug-likeness (QED) is 0.784. The summed E-state index contributed by atoms with van der Waals surface area (Å²) >= 11 is 0. The molecule has 0 radical (unpaired) electrons. The first kappa shape index (κ1) is 18.8. The Morgan fingerprint density at radius 2 is 1.58 bits per heavy atom. The van der Waals surface area contributed by atoms with E-state index in [1.165, 1.54) is 5.56 Å². The molecule has 0 bridgehead atoms. The van der Waals surface area contributed by atoms with Gasteiger partial charge in [0.1, 0.15) is 5.60 Å². The van der Waals surface area contributed by atoms with E-state index in [9.17, 15) is 4.79 Å². The molecule has 1 aliphatic rings. The fourth-order valence-electron chi connectivity index (χ4n) is 4.84. The van der Waals surface area contributed by atoms with Crippen LogP contribution in [0.5, 0.6) is 0 Å². The van der Waals surface area contributed by atoms with Gasteiger partial charge in [-0.3, -0.25) is 0 Å². The van der Waals surface area contributed by atoms with E-state index in [2.05, 4.69) is 63.3 Å². The van der Waals surface area contributed by atoms with Crippen molar-refractivity contribution in [3.05, 3.63) is 35.9 Å². The predicted molar refractivity (Wildman–Crippen MR) is 99.2 cm³/mol. The first-order valence-corrected chi connectivity index (χ1v) is 8.89. The Kier molecular flexibility index (Phi) is 4.78. The van der Waals surface area contributed by atoms with Gasteiger partial charge in [-0.25, -0.2) is 4.79 Å². The number of carbonyl (C=O) groups is 1. The summed E-state index contributed by atoms with van der Waals surface area (Å²) in [6.45, 7) is 14.7. The van der Waals surface area contributed by atoms with E-state index in [0.29, 0.717) is 0 Å². The van der Waals surface area contributed by atoms with Gasteiger partial charge < -0.3 is 10.1 Å². The van der Waals surface area contributed by atoms with Crippen LogP contribution in [0.1, 0.15) is 73.3 Å². The maximum absolute atomic E-state index is 12.4. The zero-order valence-corrected chi connectivity index (χ0v) is 16.3. The normalized spacial score (nSPS) is 29.8. The minimum absolute atomic E-state index is 0.0345. The molecule has 3 nitrogen and oxygen atoms in total. The van der Waals surface area contributed by atoms with Crippen LogP contribution in [0.3, 0.4) is 0 Å². The number of alkyl carbamates (subject to hydrolysis) is 1. The van der Waals surface area contributed by atoms with Crippen molar-refractivity contribution in [1.82, 2.24) is 5.32 Å². The number of carbonyl (C=O) groups excluding carboxylic acids is 1. The van der Waals surface area contributed by atoms with Crippen molar-refractivity contribution in [3.63, 3.8) is 0 Å². The second-order valence-corrected chi connectivity index (χ2v) is 9.81. The number of nitrogens with one attached hydrogen (secondary N) is 1. The molecule has 2 atom stereocenters. The van der Waals surface area contributed by atoms with Gasteiger partial charge in [0.2, 0.25) is 0 Å². The van der Waals surface area contributed by atoms with Crippen LogP contribution in [0.15, 0.2) is 30.3 Å². The van der Waals surface area contributed by atoms with Gasteiger partial charge in [0.15, 0.2) is 0 Å². The van der Waals surface area contributed by atoms with Crippen molar-refractivity contribution in [2.24, 2.45) is 5.41 Å². The molecule has 2 rings (SSSR count). The molecule has 0 spiro atoms. The fraction of sp³-hybridized carbons (Fsp3) is 0.667. The molecule has 0 heterocycles. The van der Waals surface area contributed by atoms with Crippen LogP contribution in [0.4, 0.5) is 4.79 Å². The maximum Gasteiger partial charge on any atom is 0.408 e. The second kappa shape index (κ2) is 6.09. The molecule has 1 N–H and O–H groups in total. The fourth-order valence-corrected chi connectivity index (χ4v) is 4.84. The van der Waals surface area contributed by atoms with Crippen molar-refractivity contribution >= 4 is 6.09 Å². The number of hydrogen-bond donors (Lipinski definition) is 1. The molecular formula is C21H33NO2. The lowest BCUT2D eigenvalue weighted by Gasteiger charge is -2.52. The second-order valence-electron chi connectivity index (χ2n) is 9.81. The van der Waals surface area contributed by atoms with E-state index in [1.54, 1.807) is 0 Å². The molecular weight excluding hydrogens is 298 g/mol. The summed E-state index contributed by atoms with van der Waals surface area (Å²) in [7, 11) is 0. The summed E-state index contributed by atoms with van der Waals surface area (Å²) in [6, 6.07) is 10.7. The van der Waals surface area contributed by atoms with Crippen LogP contribution in [0, 0.1) is 5.41 Å². The lowest BCUT2D eigenvalue weighted by atomic mass is 9.56. The van der Waals surface area contributed by atoms with E-state index >= 15 is 0 Å². The van der Waals surface area contributed by atoms with E-state index < -0.39 is 5.60 Å². The van der Waals surface area contributed by atoms with Gasteiger partial charge in [-0.05, 0) is 63.4 Å². The molecule has 1 aromatic carbocycles. The Bertz CT molecular complexity index is 588. The third-order valence-corrected chi connectivity index (χ3v) is 4.79. The first-order valence-electron chi connectivity index (χ1n) is 8.89. The standard InChI is InChI=1S/C21H33NO2/c1-18(2,3)24-17(23)22-21(7)14-19(4,5)13-20(6,15-21)16-11-9-8-10-12-16/h8-12H,13-15H2,1-7H3,(H,22,23)/t20-,21-/m1/s1. The minimum Gasteiger partial charge on any atom is -0.444 e. The van der Waals surface area contributed by atoms with Gasteiger partial charge in [0, 0.05) is 5.54 Å². The highest BCUT2D eigenvalue weighted by atomic mass is 16.6. The van der Waals surface area contributed by atoms with Gasteiger partial charge in [0.25, 0.3) is 0 Å². The van der Waals surface area contributed by atoms with Crippen LogP contribution in [-0.4, -0.2) is 17.2 Å². The topological polar surface area (TPSA) is 38.3 Å². The maximum atomic E-state index is 12.4. The Morgan fingerprint density at radius 1 is 1.00 bits per heavy atom. The molecule has 3 heteroatoms. The molecule has 1 amide bonds. The van der Waals surface area contributed by atoms with Gasteiger partial charge in [-0.1, -0.05) is 51.1 Å². The highest BCUT2D eigenvalue weighted by Gasteiger charge is 2.48. The molecule has 0 unspecified atom stereocenters. The molecule has 134 valence electrons. The third kappa shape index (κ3) is 4.75. The summed E-state index contributed by atoms with van der Waals surface area (Å²) in [5.41, 5.74) is 0.761. The minimum atomic E-state index is -0.479. The van der Waals surface area contributed by atoms with Crippen molar-refractivity contribution < 1.29 is 9.53 Å². The Labute approximate surface area is 147 Å². The summed E-state index contributed by atoms with van der Waals surface area (Å²) in [5.74, 6) is 0. The van der Waals surface area contributed by atoms with E-state index in [1.807, 2.05) is 20.8 Å². The van der Waals surface area contributed by atoms with E-state index in [-0.39, 0.29) is 22.5 Å². The number of rotatable bonds is 2. The summed E-state index contributed by atoms with van der Waals surface area (Å²) in [4.78, 5) is 12.4. The number of benzene rings is 1. The zero-order chi connectivity index (χ0) is 18.2. The molecule has 1 saturated carbocycles. The predicted octanol–water partition coefficient (Wildman–Crippen LogP) is 5.44. The zero-order valence-electron chi connectivity index (χ0n) is 16.3. The molecule has 0 saturated heterocycles. The van der Waals surface area contributed by atoms with E-state index in [0.717, 1.165) is 19.3 Å². The van der Waals surface area contributed by atoms with Crippen molar-refractivity contribution in [1.29, 1.82) is 0 Å². The van der Waals surface area contributed by atoms with Gasteiger partial charge in [0.05, 0.1) is 0 Å². The van der Waals surface area contributed by atoms with Crippen molar-refractivity contribution in [3.8, 4) is 0 Å². The molecule has 0 aliphatic heterocycles. The number of amides is 1. The average Bonchev–Trinajstić information content (AvgIpc) is 2.33. The Morgan fingerprint density at radius 3 is 2.12 bits per heavy atom. The molecule has 0 aromatic heterocycles. The van der Waals surface area contributed by atoms with Crippen LogP contribution >= 0.6 is 0 Å². The Balaban J connectivity index is 2.25. The average molecular weight is 332 g/mol. The SMILES string of the molecule is CC1(C)C[C@@](C)(NC(=O)OC(C)(C)C)C[C@](C)(c2ccccc2)C1. The molecule has 1 aromatic rings. The molecule has 24 heavy (non-hydrogen) atoms. The number of hydrogen-bond acceptors (Lipinski definition) is 2. The highest BCUT2D eigenvalue weighted by Crippen LogP contribution is 2.51. The number of ether oxygens (including phenoxy) is 1. The van der Waals surface area contributed by atoms with Crippen LogP contribution in [-0.2, 0) is 10.2 Å². The highest BCUT2D eigenvalue weighted by molar-refractivity contribution is 5.68. The van der Waals surface area contributed by atoms with E-state index in [4.69, 9.17) is 4.74 Å². The van der Waals surface area contributed by atoms with Crippen LogP contribution in [0.25, 0.3) is 0 Å². The summed E-state index contributed by atoms with van der Waals surface area (Å²) in [5, 5.41) is 3.17. The van der Waals surface area contributed by atoms with Crippen LogP contribution in [0.2, 0.25) is 0 Å². The third-order valence-electron chi connectivity index (χ3n) is 4.79.